The lowest BCUT2D eigenvalue weighted by Gasteiger charge is -1.96. The molecule has 0 spiro atoms. The second kappa shape index (κ2) is 3.26. The molecule has 0 amide bonds. The standard InChI is InChI=1S/C9H13NS/c1-5-8-9(10-4)6(2)7(3)11-8/h5H,1-4H3/b8-5+,10-9?. The highest BCUT2D eigenvalue weighted by Gasteiger charge is 2.19. The monoisotopic (exact) mass is 167 g/mol. The lowest BCUT2D eigenvalue weighted by Crippen LogP contribution is -1.95. The number of rotatable bonds is 0. The molecule has 0 radical (unpaired) electrons. The summed E-state index contributed by atoms with van der Waals surface area (Å²) in [5.41, 5.74) is 2.49. The van der Waals surface area contributed by atoms with E-state index in [1.807, 2.05) is 18.8 Å². The van der Waals surface area contributed by atoms with Crippen molar-refractivity contribution in [3.8, 4) is 0 Å². The molecule has 0 fully saturated rings. The minimum Gasteiger partial charge on any atom is -0.287 e. The highest BCUT2D eigenvalue weighted by Crippen LogP contribution is 2.37. The van der Waals surface area contributed by atoms with E-state index < -0.39 is 0 Å². The van der Waals surface area contributed by atoms with Gasteiger partial charge in [0.25, 0.3) is 0 Å². The van der Waals surface area contributed by atoms with Gasteiger partial charge in [0, 0.05) is 12.0 Å². The molecule has 1 heterocycles. The smallest absolute Gasteiger partial charge is 0.0743 e. The Morgan fingerprint density at radius 1 is 1.36 bits per heavy atom. The first-order chi connectivity index (χ1) is 5.20. The van der Waals surface area contributed by atoms with Gasteiger partial charge in [-0.3, -0.25) is 4.99 Å². The van der Waals surface area contributed by atoms with Gasteiger partial charge in [-0.1, -0.05) is 17.8 Å². The summed E-state index contributed by atoms with van der Waals surface area (Å²) in [6.45, 7) is 6.32. The quantitative estimate of drug-likeness (QED) is 0.540. The van der Waals surface area contributed by atoms with Crippen LogP contribution >= 0.6 is 11.8 Å². The topological polar surface area (TPSA) is 12.4 Å². The minimum atomic E-state index is 1.16. The molecule has 0 aromatic carbocycles. The molecule has 0 N–H and O–H groups in total. The first kappa shape index (κ1) is 8.60. The summed E-state index contributed by atoms with van der Waals surface area (Å²) in [4.78, 5) is 6.91. The fraction of sp³-hybridized carbons (Fsp3) is 0.444. The summed E-state index contributed by atoms with van der Waals surface area (Å²) < 4.78 is 0. The summed E-state index contributed by atoms with van der Waals surface area (Å²) in [5.74, 6) is 0. The second-order valence-electron chi connectivity index (χ2n) is 2.51. The van der Waals surface area contributed by atoms with Crippen molar-refractivity contribution in [2.75, 3.05) is 7.05 Å². The van der Waals surface area contributed by atoms with Crippen molar-refractivity contribution >= 4 is 17.5 Å². The van der Waals surface area contributed by atoms with Crippen molar-refractivity contribution in [1.29, 1.82) is 0 Å². The minimum absolute atomic E-state index is 1.16. The molecule has 0 aromatic rings. The number of allylic oxidation sites excluding steroid dienone is 4. The fourth-order valence-corrected chi connectivity index (χ4v) is 2.15. The van der Waals surface area contributed by atoms with Crippen molar-refractivity contribution < 1.29 is 0 Å². The van der Waals surface area contributed by atoms with Crippen molar-refractivity contribution in [2.45, 2.75) is 20.8 Å². The summed E-state index contributed by atoms with van der Waals surface area (Å²) in [6, 6.07) is 0. The van der Waals surface area contributed by atoms with Crippen LogP contribution in [0.3, 0.4) is 0 Å². The van der Waals surface area contributed by atoms with Gasteiger partial charge in [-0.05, 0) is 31.2 Å². The van der Waals surface area contributed by atoms with E-state index in [0.717, 1.165) is 5.71 Å². The zero-order chi connectivity index (χ0) is 8.43. The van der Waals surface area contributed by atoms with Crippen LogP contribution in [0.1, 0.15) is 20.8 Å². The van der Waals surface area contributed by atoms with Crippen LogP contribution in [0.15, 0.2) is 26.5 Å². The Bertz CT molecular complexity index is 259. The molecular weight excluding hydrogens is 154 g/mol. The Hall–Kier alpha value is -0.500. The molecule has 60 valence electrons. The molecule has 0 saturated heterocycles. The third-order valence-corrected chi connectivity index (χ3v) is 3.13. The van der Waals surface area contributed by atoms with Crippen molar-refractivity contribution in [3.05, 3.63) is 21.5 Å². The van der Waals surface area contributed by atoms with Crippen LogP contribution in [0, 0.1) is 0 Å². The molecule has 1 nitrogen and oxygen atoms in total. The van der Waals surface area contributed by atoms with Crippen molar-refractivity contribution in [3.63, 3.8) is 0 Å². The lowest BCUT2D eigenvalue weighted by atomic mass is 10.1. The summed E-state index contributed by atoms with van der Waals surface area (Å²) in [7, 11) is 1.85. The third-order valence-electron chi connectivity index (χ3n) is 1.87. The Morgan fingerprint density at radius 2 is 2.00 bits per heavy atom. The second-order valence-corrected chi connectivity index (χ2v) is 3.76. The molecule has 0 unspecified atom stereocenters. The molecule has 0 aromatic heterocycles. The predicted molar refractivity (Wildman–Crippen MR) is 53.1 cm³/mol. The number of hydrogen-bond donors (Lipinski definition) is 0. The third kappa shape index (κ3) is 1.41. The highest BCUT2D eigenvalue weighted by molar-refractivity contribution is 8.08. The van der Waals surface area contributed by atoms with E-state index in [1.54, 1.807) is 0 Å². The number of hydrogen-bond acceptors (Lipinski definition) is 2. The van der Waals surface area contributed by atoms with Gasteiger partial charge >= 0.3 is 0 Å². The van der Waals surface area contributed by atoms with Gasteiger partial charge in [-0.25, -0.2) is 0 Å². The Morgan fingerprint density at radius 3 is 2.36 bits per heavy atom. The van der Waals surface area contributed by atoms with E-state index in [0.29, 0.717) is 0 Å². The zero-order valence-electron chi connectivity index (χ0n) is 7.43. The zero-order valence-corrected chi connectivity index (χ0v) is 8.25. The normalized spacial score (nSPS) is 25.8. The van der Waals surface area contributed by atoms with Crippen LogP contribution in [0.25, 0.3) is 0 Å². The van der Waals surface area contributed by atoms with Crippen LogP contribution in [-0.2, 0) is 0 Å². The Kier molecular flexibility index (Phi) is 2.55. The van der Waals surface area contributed by atoms with Gasteiger partial charge in [0.2, 0.25) is 0 Å². The SMILES string of the molecule is C/C=C1/SC(C)=C(C)C1=NC. The molecule has 0 atom stereocenters. The van der Waals surface area contributed by atoms with Gasteiger partial charge in [0.05, 0.1) is 5.71 Å². The average molecular weight is 167 g/mol. The van der Waals surface area contributed by atoms with Crippen molar-refractivity contribution in [2.24, 2.45) is 4.99 Å². The van der Waals surface area contributed by atoms with Crippen LogP contribution in [0.2, 0.25) is 0 Å². The van der Waals surface area contributed by atoms with Crippen molar-refractivity contribution in [1.82, 2.24) is 0 Å². The summed E-state index contributed by atoms with van der Waals surface area (Å²) >= 11 is 1.82. The maximum absolute atomic E-state index is 4.24. The van der Waals surface area contributed by atoms with E-state index >= 15 is 0 Å². The Balaban J connectivity index is 3.07. The number of nitrogens with zero attached hydrogens (tertiary/aromatic N) is 1. The van der Waals surface area contributed by atoms with E-state index in [-0.39, 0.29) is 0 Å². The van der Waals surface area contributed by atoms with E-state index in [1.165, 1.54) is 15.4 Å². The van der Waals surface area contributed by atoms with Crippen LogP contribution in [0.4, 0.5) is 0 Å². The fourth-order valence-electron chi connectivity index (χ4n) is 1.11. The lowest BCUT2D eigenvalue weighted by molar-refractivity contribution is 1.40. The summed E-state index contributed by atoms with van der Waals surface area (Å²) in [5, 5.41) is 0. The first-order valence-electron chi connectivity index (χ1n) is 3.70. The molecule has 0 bridgehead atoms. The maximum atomic E-state index is 4.24. The van der Waals surface area contributed by atoms with Gasteiger partial charge < -0.3 is 0 Å². The average Bonchev–Trinajstić information content (AvgIpc) is 2.28. The molecule has 1 rings (SSSR count). The number of thioether (sulfide) groups is 1. The summed E-state index contributed by atoms with van der Waals surface area (Å²) in [6.07, 6.45) is 2.12. The van der Waals surface area contributed by atoms with Crippen LogP contribution < -0.4 is 0 Å². The van der Waals surface area contributed by atoms with Gasteiger partial charge in [-0.2, -0.15) is 0 Å². The van der Waals surface area contributed by atoms with Crippen LogP contribution in [-0.4, -0.2) is 12.8 Å². The molecule has 1 aliphatic heterocycles. The molecule has 0 aliphatic carbocycles. The Labute approximate surface area is 72.3 Å². The van der Waals surface area contributed by atoms with E-state index in [2.05, 4.69) is 31.8 Å². The van der Waals surface area contributed by atoms with E-state index in [9.17, 15) is 0 Å². The first-order valence-corrected chi connectivity index (χ1v) is 4.51. The molecule has 1 aliphatic rings. The maximum Gasteiger partial charge on any atom is 0.0743 e. The molecular formula is C9H13NS. The molecule has 11 heavy (non-hydrogen) atoms. The van der Waals surface area contributed by atoms with Gasteiger partial charge in [0.15, 0.2) is 0 Å². The van der Waals surface area contributed by atoms with Gasteiger partial charge in [0.1, 0.15) is 0 Å². The van der Waals surface area contributed by atoms with Gasteiger partial charge in [-0.15, -0.1) is 0 Å². The molecule has 2 heteroatoms. The van der Waals surface area contributed by atoms with E-state index in [4.69, 9.17) is 0 Å². The largest absolute Gasteiger partial charge is 0.287 e. The predicted octanol–water partition coefficient (Wildman–Crippen LogP) is 3.00. The van der Waals surface area contributed by atoms with Crippen LogP contribution in [0.5, 0.6) is 0 Å². The highest BCUT2D eigenvalue weighted by atomic mass is 32.2. The molecule has 0 saturated carbocycles. The number of aliphatic imine (C=N–C) groups is 1.